The zero-order valence-electron chi connectivity index (χ0n) is 14.7. The fraction of sp³-hybridized carbons (Fsp3) is 0.0870. The Morgan fingerprint density at radius 2 is 1.78 bits per heavy atom. The third kappa shape index (κ3) is 2.61. The third-order valence-corrected chi connectivity index (χ3v) is 6.05. The van der Waals surface area contributed by atoms with Crippen LogP contribution in [0.4, 0.5) is 0 Å². The summed E-state index contributed by atoms with van der Waals surface area (Å²) in [7, 11) is 0. The average Bonchev–Trinajstić information content (AvgIpc) is 3.41. The Morgan fingerprint density at radius 1 is 0.963 bits per heavy atom. The molecule has 0 N–H and O–H groups in total. The number of aldehydes is 1. The van der Waals surface area contributed by atoms with Crippen LogP contribution in [0.15, 0.2) is 72.8 Å². The Balaban J connectivity index is 1.57. The van der Waals surface area contributed by atoms with Gasteiger partial charge in [-0.1, -0.05) is 66.0 Å². The number of carbonyl (C=O) groups is 1. The van der Waals surface area contributed by atoms with Crippen LogP contribution in [0.25, 0.3) is 20.9 Å². The van der Waals surface area contributed by atoms with Crippen molar-refractivity contribution in [1.29, 1.82) is 0 Å². The van der Waals surface area contributed by atoms with E-state index in [1.165, 1.54) is 5.56 Å². The van der Waals surface area contributed by atoms with Crippen LogP contribution in [0.5, 0.6) is 0 Å². The van der Waals surface area contributed by atoms with Gasteiger partial charge in [0, 0.05) is 11.1 Å². The van der Waals surface area contributed by atoms with Crippen molar-refractivity contribution in [2.45, 2.75) is 12.3 Å². The van der Waals surface area contributed by atoms with Crippen LogP contribution in [-0.4, -0.2) is 16.3 Å². The Bertz CT molecular complexity index is 1200. The molecule has 0 amide bonds. The van der Waals surface area contributed by atoms with Gasteiger partial charge in [-0.05, 0) is 36.2 Å². The number of carbonyl (C=O) groups excluding carboxylic acids is 1. The first kappa shape index (κ1) is 16.1. The van der Waals surface area contributed by atoms with Gasteiger partial charge in [0.25, 0.3) is 0 Å². The lowest BCUT2D eigenvalue weighted by Crippen LogP contribution is -2.12. The summed E-state index contributed by atoms with van der Waals surface area (Å²) in [6.45, 7) is 2.01. The monoisotopic (exact) mass is 368 g/mol. The number of allylic oxidation sites excluding steroid dienone is 2. The van der Waals surface area contributed by atoms with E-state index in [1.54, 1.807) is 11.3 Å². The maximum Gasteiger partial charge on any atom is 0.150 e. The molecule has 0 saturated heterocycles. The second-order valence-electron chi connectivity index (χ2n) is 6.80. The van der Waals surface area contributed by atoms with Crippen LogP contribution in [0.3, 0.4) is 0 Å². The molecule has 4 heteroatoms. The Hall–Kier alpha value is -3.11. The lowest BCUT2D eigenvalue weighted by Gasteiger charge is -2.15. The van der Waals surface area contributed by atoms with Crippen molar-refractivity contribution >= 4 is 28.0 Å². The molecule has 5 rings (SSSR count). The van der Waals surface area contributed by atoms with E-state index in [9.17, 15) is 4.79 Å². The quantitative estimate of drug-likeness (QED) is 0.361. The van der Waals surface area contributed by atoms with Gasteiger partial charge >= 0.3 is 0 Å². The smallest absolute Gasteiger partial charge is 0.150 e. The molecule has 0 aliphatic heterocycles. The maximum atomic E-state index is 11.0. The van der Waals surface area contributed by atoms with Gasteiger partial charge in [-0.3, -0.25) is 4.79 Å². The SMILES string of the molecule is Cc1cc(C=O)ccc1-c1nc2ccc(C3(c4ccccc4)C=C3)nc2s1. The van der Waals surface area contributed by atoms with E-state index in [2.05, 4.69) is 48.6 Å². The Kier molecular flexibility index (Phi) is 3.55. The van der Waals surface area contributed by atoms with Crippen LogP contribution < -0.4 is 0 Å². The number of rotatable bonds is 4. The van der Waals surface area contributed by atoms with Crippen molar-refractivity contribution in [2.24, 2.45) is 0 Å². The number of thiazole rings is 1. The second kappa shape index (κ2) is 5.96. The summed E-state index contributed by atoms with van der Waals surface area (Å²) in [6, 6.07) is 20.3. The number of hydrogen-bond donors (Lipinski definition) is 0. The van der Waals surface area contributed by atoms with Crippen LogP contribution in [-0.2, 0) is 5.41 Å². The summed E-state index contributed by atoms with van der Waals surface area (Å²) in [5.41, 5.74) is 5.77. The molecule has 2 heterocycles. The molecule has 0 atom stereocenters. The number of nitrogens with zero attached hydrogens (tertiary/aromatic N) is 2. The summed E-state index contributed by atoms with van der Waals surface area (Å²) < 4.78 is 0. The fourth-order valence-corrected chi connectivity index (χ4v) is 4.50. The molecule has 130 valence electrons. The molecule has 0 radical (unpaired) electrons. The van der Waals surface area contributed by atoms with Crippen LogP contribution in [0.1, 0.15) is 27.2 Å². The minimum atomic E-state index is -0.179. The fourth-order valence-electron chi connectivity index (χ4n) is 3.47. The van der Waals surface area contributed by atoms with Crippen molar-refractivity contribution in [3.8, 4) is 10.6 Å². The molecule has 0 unspecified atom stereocenters. The van der Waals surface area contributed by atoms with Crippen molar-refractivity contribution in [1.82, 2.24) is 9.97 Å². The Morgan fingerprint density at radius 3 is 2.48 bits per heavy atom. The number of benzene rings is 2. The van der Waals surface area contributed by atoms with Gasteiger partial charge in [-0.25, -0.2) is 9.97 Å². The van der Waals surface area contributed by atoms with Crippen LogP contribution in [0, 0.1) is 6.92 Å². The zero-order valence-corrected chi connectivity index (χ0v) is 15.5. The summed E-state index contributed by atoms with van der Waals surface area (Å²) >= 11 is 1.59. The highest BCUT2D eigenvalue weighted by atomic mass is 32.1. The summed E-state index contributed by atoms with van der Waals surface area (Å²) in [5, 5.41) is 0.933. The first-order chi connectivity index (χ1) is 13.2. The number of pyridine rings is 1. The topological polar surface area (TPSA) is 42.9 Å². The highest BCUT2D eigenvalue weighted by Crippen LogP contribution is 2.45. The van der Waals surface area contributed by atoms with Crippen LogP contribution >= 0.6 is 11.3 Å². The van der Waals surface area contributed by atoms with Crippen molar-refractivity contribution in [3.05, 3.63) is 95.2 Å². The van der Waals surface area contributed by atoms with Gasteiger partial charge in [-0.2, -0.15) is 0 Å². The standard InChI is InChI=1S/C23H16N2OS/c1-15-13-16(14-26)7-8-18(15)21-24-19-9-10-20(25-22(19)27-21)23(11-12-23)17-5-3-2-4-6-17/h2-14H,1H3. The predicted molar refractivity (Wildman–Crippen MR) is 109 cm³/mol. The first-order valence-electron chi connectivity index (χ1n) is 8.80. The maximum absolute atomic E-state index is 11.0. The molecule has 1 aliphatic rings. The lowest BCUT2D eigenvalue weighted by atomic mass is 9.89. The molecule has 0 spiro atoms. The molecule has 4 aromatic rings. The number of aryl methyl sites for hydroxylation is 1. The molecule has 2 aromatic carbocycles. The molecule has 3 nitrogen and oxygen atoms in total. The largest absolute Gasteiger partial charge is 0.298 e. The highest BCUT2D eigenvalue weighted by molar-refractivity contribution is 7.21. The van der Waals surface area contributed by atoms with Crippen LogP contribution in [0.2, 0.25) is 0 Å². The highest BCUT2D eigenvalue weighted by Gasteiger charge is 2.39. The number of aromatic nitrogens is 2. The molecule has 0 fully saturated rings. The first-order valence-corrected chi connectivity index (χ1v) is 9.61. The summed E-state index contributed by atoms with van der Waals surface area (Å²) in [6.07, 6.45) is 5.26. The molecule has 1 aliphatic carbocycles. The average molecular weight is 368 g/mol. The van der Waals surface area contributed by atoms with Gasteiger partial charge in [0.05, 0.1) is 11.1 Å². The molecular formula is C23H16N2OS. The molecular weight excluding hydrogens is 352 g/mol. The van der Waals surface area contributed by atoms with Crippen molar-refractivity contribution in [3.63, 3.8) is 0 Å². The van der Waals surface area contributed by atoms with Crippen molar-refractivity contribution in [2.75, 3.05) is 0 Å². The molecule has 0 bridgehead atoms. The zero-order chi connectivity index (χ0) is 18.4. The number of hydrogen-bond acceptors (Lipinski definition) is 4. The summed E-state index contributed by atoms with van der Waals surface area (Å²) in [5.74, 6) is 0. The van der Waals surface area contributed by atoms with Gasteiger partial charge in [-0.15, -0.1) is 0 Å². The molecule has 27 heavy (non-hydrogen) atoms. The van der Waals surface area contributed by atoms with E-state index in [0.29, 0.717) is 5.56 Å². The summed E-state index contributed by atoms with van der Waals surface area (Å²) in [4.78, 5) is 21.6. The lowest BCUT2D eigenvalue weighted by molar-refractivity contribution is 0.112. The van der Waals surface area contributed by atoms with Crippen molar-refractivity contribution < 1.29 is 4.79 Å². The second-order valence-corrected chi connectivity index (χ2v) is 7.78. The van der Waals surface area contributed by atoms with Gasteiger partial charge < -0.3 is 0 Å². The third-order valence-electron chi connectivity index (χ3n) is 5.05. The predicted octanol–water partition coefficient (Wildman–Crippen LogP) is 5.34. The van der Waals surface area contributed by atoms with Gasteiger partial charge in [0.1, 0.15) is 21.6 Å². The van der Waals surface area contributed by atoms with Gasteiger partial charge in [0.15, 0.2) is 0 Å². The van der Waals surface area contributed by atoms with E-state index in [0.717, 1.165) is 38.5 Å². The van der Waals surface area contributed by atoms with E-state index in [1.807, 2.05) is 31.2 Å². The minimum Gasteiger partial charge on any atom is -0.298 e. The van der Waals surface area contributed by atoms with E-state index in [4.69, 9.17) is 9.97 Å². The molecule has 2 aromatic heterocycles. The van der Waals surface area contributed by atoms with E-state index in [-0.39, 0.29) is 5.41 Å². The minimum absolute atomic E-state index is 0.179. The van der Waals surface area contributed by atoms with Gasteiger partial charge in [0.2, 0.25) is 0 Å². The van der Waals surface area contributed by atoms with E-state index < -0.39 is 0 Å². The Labute approximate surface area is 161 Å². The normalized spacial score (nSPS) is 14.4. The van der Waals surface area contributed by atoms with E-state index >= 15 is 0 Å². The molecule has 0 saturated carbocycles. The number of fused-ring (bicyclic) bond motifs is 1.